The maximum atomic E-state index is 4.28. The number of allylic oxidation sites excluding steroid dienone is 2. The average Bonchev–Trinajstić information content (AvgIpc) is 2.14. The van der Waals surface area contributed by atoms with E-state index < -0.39 is 0 Å². The van der Waals surface area contributed by atoms with E-state index in [2.05, 4.69) is 39.0 Å². The number of halogens is 1. The second-order valence-electron chi connectivity index (χ2n) is 1.87. The van der Waals surface area contributed by atoms with Crippen LogP contribution >= 0.6 is 35.5 Å². The molecule has 3 heteroatoms. The van der Waals surface area contributed by atoms with Gasteiger partial charge >= 0.3 is 0 Å². The first-order valence-corrected chi connectivity index (χ1v) is 4.15. The minimum Gasteiger partial charge on any atom is -0.331 e. The molecule has 1 aliphatic rings. The molecule has 8 heavy (non-hydrogen) atoms. The van der Waals surface area contributed by atoms with Crippen LogP contribution in [0, 0.1) is 0 Å². The summed E-state index contributed by atoms with van der Waals surface area (Å²) >= 11 is 6.43. The molecule has 1 N–H and O–H groups in total. The SMILES string of the molecule is SC1=C(NI)CCC1. The van der Waals surface area contributed by atoms with Crippen LogP contribution in [0.3, 0.4) is 0 Å². The smallest absolute Gasteiger partial charge is 0.0557 e. The summed E-state index contributed by atoms with van der Waals surface area (Å²) in [7, 11) is 0. The molecule has 0 bridgehead atoms. The van der Waals surface area contributed by atoms with Gasteiger partial charge in [-0.05, 0) is 19.3 Å². The van der Waals surface area contributed by atoms with Crippen LogP contribution in [0.4, 0.5) is 0 Å². The van der Waals surface area contributed by atoms with Crippen LogP contribution in [-0.2, 0) is 0 Å². The zero-order valence-corrected chi connectivity index (χ0v) is 7.50. The molecule has 0 spiro atoms. The third-order valence-electron chi connectivity index (χ3n) is 1.30. The molecule has 0 saturated carbocycles. The average molecular weight is 241 g/mol. The molecule has 1 nitrogen and oxygen atoms in total. The Kier molecular flexibility index (Phi) is 2.49. The van der Waals surface area contributed by atoms with Crippen molar-refractivity contribution < 1.29 is 0 Å². The Hall–Kier alpha value is 0.620. The summed E-state index contributed by atoms with van der Waals surface area (Å²) in [6.45, 7) is 0. The maximum Gasteiger partial charge on any atom is 0.0557 e. The van der Waals surface area contributed by atoms with Crippen molar-refractivity contribution in [2.45, 2.75) is 19.3 Å². The molecular weight excluding hydrogens is 233 g/mol. The van der Waals surface area contributed by atoms with Crippen molar-refractivity contribution in [2.24, 2.45) is 0 Å². The van der Waals surface area contributed by atoms with Crippen LogP contribution in [0.25, 0.3) is 0 Å². The molecule has 0 heterocycles. The summed E-state index contributed by atoms with van der Waals surface area (Å²) < 4.78 is 3.09. The van der Waals surface area contributed by atoms with Crippen LogP contribution in [0.2, 0.25) is 0 Å². The van der Waals surface area contributed by atoms with E-state index >= 15 is 0 Å². The van der Waals surface area contributed by atoms with Crippen LogP contribution in [0.5, 0.6) is 0 Å². The summed E-state index contributed by atoms with van der Waals surface area (Å²) in [5.74, 6) is 0. The lowest BCUT2D eigenvalue weighted by Gasteiger charge is -1.95. The molecule has 46 valence electrons. The Morgan fingerprint density at radius 1 is 1.50 bits per heavy atom. The van der Waals surface area contributed by atoms with Crippen molar-refractivity contribution in [1.82, 2.24) is 3.53 Å². The van der Waals surface area contributed by atoms with Gasteiger partial charge in [0.1, 0.15) is 0 Å². The molecule has 0 aliphatic heterocycles. The number of hydrogen-bond acceptors (Lipinski definition) is 2. The lowest BCUT2D eigenvalue weighted by molar-refractivity contribution is 0.892. The van der Waals surface area contributed by atoms with E-state index in [0.29, 0.717) is 0 Å². The molecular formula is C5H8INS. The van der Waals surface area contributed by atoms with E-state index in [1.165, 1.54) is 23.4 Å². The largest absolute Gasteiger partial charge is 0.331 e. The van der Waals surface area contributed by atoms with Gasteiger partial charge in [-0.15, -0.1) is 12.6 Å². The highest BCUT2D eigenvalue weighted by Crippen LogP contribution is 2.26. The molecule has 0 atom stereocenters. The van der Waals surface area contributed by atoms with Crippen LogP contribution in [0.15, 0.2) is 10.6 Å². The first-order chi connectivity index (χ1) is 3.84. The van der Waals surface area contributed by atoms with Crippen LogP contribution < -0.4 is 3.53 Å². The van der Waals surface area contributed by atoms with Gasteiger partial charge in [0.2, 0.25) is 0 Å². The summed E-state index contributed by atoms with van der Waals surface area (Å²) in [6.07, 6.45) is 3.61. The lowest BCUT2D eigenvalue weighted by Crippen LogP contribution is -1.93. The monoisotopic (exact) mass is 241 g/mol. The highest BCUT2D eigenvalue weighted by molar-refractivity contribution is 14.1. The fraction of sp³-hybridized carbons (Fsp3) is 0.600. The fourth-order valence-corrected chi connectivity index (χ4v) is 1.96. The first kappa shape index (κ1) is 6.74. The lowest BCUT2D eigenvalue weighted by atomic mass is 10.3. The van der Waals surface area contributed by atoms with Crippen molar-refractivity contribution in [3.05, 3.63) is 10.6 Å². The summed E-state index contributed by atoms with van der Waals surface area (Å²) in [5.41, 5.74) is 1.31. The van der Waals surface area contributed by atoms with Crippen molar-refractivity contribution in [1.29, 1.82) is 0 Å². The fourth-order valence-electron chi connectivity index (χ4n) is 0.830. The van der Waals surface area contributed by atoms with Crippen LogP contribution in [-0.4, -0.2) is 0 Å². The van der Waals surface area contributed by atoms with E-state index in [0.717, 1.165) is 6.42 Å². The molecule has 1 aliphatic carbocycles. The molecule has 0 unspecified atom stereocenters. The maximum absolute atomic E-state index is 4.28. The molecule has 0 amide bonds. The van der Waals surface area contributed by atoms with E-state index in [1.807, 2.05) is 0 Å². The molecule has 0 saturated heterocycles. The Labute approximate surface area is 68.8 Å². The molecule has 0 aromatic rings. The summed E-state index contributed by atoms with van der Waals surface area (Å²) in [6, 6.07) is 0. The summed E-state index contributed by atoms with van der Waals surface area (Å²) in [4.78, 5) is 1.24. The number of hydrogen-bond donors (Lipinski definition) is 2. The Morgan fingerprint density at radius 3 is 2.50 bits per heavy atom. The topological polar surface area (TPSA) is 12.0 Å². The second kappa shape index (κ2) is 2.96. The quantitative estimate of drug-likeness (QED) is 0.407. The van der Waals surface area contributed by atoms with E-state index in [4.69, 9.17) is 0 Å². The van der Waals surface area contributed by atoms with Gasteiger partial charge in [-0.25, -0.2) is 0 Å². The molecule has 0 fully saturated rings. The van der Waals surface area contributed by atoms with Gasteiger partial charge in [-0.1, -0.05) is 0 Å². The van der Waals surface area contributed by atoms with Gasteiger partial charge in [-0.3, -0.25) is 0 Å². The normalized spacial score (nSPS) is 19.8. The van der Waals surface area contributed by atoms with Gasteiger partial charge in [0, 0.05) is 10.6 Å². The molecule has 1 rings (SSSR count). The minimum absolute atomic E-state index is 1.16. The minimum atomic E-state index is 1.16. The molecule has 0 aromatic carbocycles. The molecule has 0 radical (unpaired) electrons. The number of nitrogens with one attached hydrogen (secondary N) is 1. The van der Waals surface area contributed by atoms with Crippen molar-refractivity contribution in [2.75, 3.05) is 0 Å². The number of rotatable bonds is 1. The van der Waals surface area contributed by atoms with E-state index in [9.17, 15) is 0 Å². The third kappa shape index (κ3) is 1.31. The van der Waals surface area contributed by atoms with Gasteiger partial charge in [0.25, 0.3) is 0 Å². The van der Waals surface area contributed by atoms with Crippen molar-refractivity contribution in [3.8, 4) is 0 Å². The standard InChI is InChI=1S/C5H8INS/c6-7-4-2-1-3-5(4)8/h7-8H,1-3H2. The van der Waals surface area contributed by atoms with Gasteiger partial charge in [0.15, 0.2) is 0 Å². The van der Waals surface area contributed by atoms with Crippen molar-refractivity contribution >= 4 is 35.5 Å². The Balaban J connectivity index is 2.58. The van der Waals surface area contributed by atoms with Gasteiger partial charge in [-0.2, -0.15) is 0 Å². The van der Waals surface area contributed by atoms with E-state index in [-0.39, 0.29) is 0 Å². The first-order valence-electron chi connectivity index (χ1n) is 2.62. The van der Waals surface area contributed by atoms with Gasteiger partial charge < -0.3 is 3.53 Å². The summed E-state index contributed by atoms with van der Waals surface area (Å²) in [5, 5.41) is 0. The zero-order chi connectivity index (χ0) is 5.98. The predicted molar refractivity (Wildman–Crippen MR) is 47.0 cm³/mol. The Morgan fingerprint density at radius 2 is 2.25 bits per heavy atom. The predicted octanol–water partition coefficient (Wildman–Crippen LogP) is 2.25. The van der Waals surface area contributed by atoms with Crippen molar-refractivity contribution in [3.63, 3.8) is 0 Å². The number of thiol groups is 1. The molecule has 0 aromatic heterocycles. The van der Waals surface area contributed by atoms with E-state index in [1.54, 1.807) is 0 Å². The second-order valence-corrected chi connectivity index (χ2v) is 2.95. The zero-order valence-electron chi connectivity index (χ0n) is 4.45. The highest BCUT2D eigenvalue weighted by atomic mass is 127. The van der Waals surface area contributed by atoms with Gasteiger partial charge in [0.05, 0.1) is 22.9 Å². The third-order valence-corrected chi connectivity index (χ3v) is 2.45. The Bertz CT molecular complexity index is 122. The van der Waals surface area contributed by atoms with Crippen LogP contribution in [0.1, 0.15) is 19.3 Å². The highest BCUT2D eigenvalue weighted by Gasteiger charge is 2.08.